The second-order valence-electron chi connectivity index (χ2n) is 4.68. The van der Waals surface area contributed by atoms with E-state index in [1.54, 1.807) is 11.0 Å². The third-order valence-electron chi connectivity index (χ3n) is 3.43. The van der Waals surface area contributed by atoms with Crippen molar-refractivity contribution in [2.24, 2.45) is 0 Å². The first-order valence-electron chi connectivity index (χ1n) is 6.54. The second-order valence-corrected chi connectivity index (χ2v) is 4.68. The van der Waals surface area contributed by atoms with Gasteiger partial charge in [0.1, 0.15) is 12.7 Å². The van der Waals surface area contributed by atoms with E-state index >= 15 is 0 Å². The minimum Gasteiger partial charge on any atom is -0.394 e. The Morgan fingerprint density at radius 1 is 1.39 bits per heavy atom. The van der Waals surface area contributed by atoms with Gasteiger partial charge in [0, 0.05) is 13.0 Å². The van der Waals surface area contributed by atoms with Crippen molar-refractivity contribution in [2.45, 2.75) is 44.7 Å². The van der Waals surface area contributed by atoms with E-state index in [4.69, 9.17) is 0 Å². The van der Waals surface area contributed by atoms with Gasteiger partial charge >= 0.3 is 0 Å². The summed E-state index contributed by atoms with van der Waals surface area (Å²) < 4.78 is 1.66. The molecule has 0 saturated carbocycles. The fraction of sp³-hybridized carbons (Fsp3) is 0.750. The van der Waals surface area contributed by atoms with E-state index in [9.17, 15) is 9.90 Å². The maximum atomic E-state index is 12.2. The molecule has 1 saturated heterocycles. The van der Waals surface area contributed by atoms with Crippen LogP contribution >= 0.6 is 0 Å². The molecule has 100 valence electrons. The number of aliphatic hydroxyl groups is 1. The Labute approximate surface area is 107 Å². The molecule has 2 heterocycles. The fourth-order valence-corrected chi connectivity index (χ4v) is 2.40. The standard InChI is InChI=1S/C12H20N4O2/c17-8-11-4-2-1-3-6-16(11)12(18)5-7-15-10-13-9-14-15/h9-11,17H,1-8H2. The molecule has 0 spiro atoms. The van der Waals surface area contributed by atoms with Gasteiger partial charge in [0.2, 0.25) is 5.91 Å². The van der Waals surface area contributed by atoms with Crippen LogP contribution in [0.1, 0.15) is 32.1 Å². The van der Waals surface area contributed by atoms with Gasteiger partial charge in [0.05, 0.1) is 19.2 Å². The van der Waals surface area contributed by atoms with Crippen molar-refractivity contribution in [2.75, 3.05) is 13.2 Å². The largest absolute Gasteiger partial charge is 0.394 e. The predicted molar refractivity (Wildman–Crippen MR) is 65.7 cm³/mol. The molecule has 1 unspecified atom stereocenters. The molecule has 6 nitrogen and oxygen atoms in total. The van der Waals surface area contributed by atoms with Crippen LogP contribution < -0.4 is 0 Å². The van der Waals surface area contributed by atoms with Gasteiger partial charge in [-0.2, -0.15) is 5.10 Å². The lowest BCUT2D eigenvalue weighted by Crippen LogP contribution is -2.42. The van der Waals surface area contributed by atoms with Gasteiger partial charge in [-0.3, -0.25) is 9.48 Å². The summed E-state index contributed by atoms with van der Waals surface area (Å²) in [5.41, 5.74) is 0. The number of hydrogen-bond acceptors (Lipinski definition) is 4. The van der Waals surface area contributed by atoms with Crippen LogP contribution in [0.3, 0.4) is 0 Å². The number of aryl methyl sites for hydroxylation is 1. The van der Waals surface area contributed by atoms with Crippen LogP contribution in [-0.2, 0) is 11.3 Å². The number of hydrogen-bond donors (Lipinski definition) is 1. The summed E-state index contributed by atoms with van der Waals surface area (Å²) in [7, 11) is 0. The molecule has 0 aromatic carbocycles. The zero-order valence-electron chi connectivity index (χ0n) is 10.5. The number of amides is 1. The summed E-state index contributed by atoms with van der Waals surface area (Å²) in [5.74, 6) is 0.103. The van der Waals surface area contributed by atoms with Gasteiger partial charge in [-0.25, -0.2) is 4.98 Å². The molecule has 0 aliphatic carbocycles. The van der Waals surface area contributed by atoms with E-state index in [0.717, 1.165) is 32.2 Å². The van der Waals surface area contributed by atoms with Crippen LogP contribution in [0.5, 0.6) is 0 Å². The van der Waals surface area contributed by atoms with Crippen molar-refractivity contribution < 1.29 is 9.90 Å². The molecule has 0 radical (unpaired) electrons. The SMILES string of the molecule is O=C(CCn1cncn1)N1CCCCCC1CO. The Hall–Kier alpha value is -1.43. The van der Waals surface area contributed by atoms with Crippen molar-refractivity contribution in [1.82, 2.24) is 19.7 Å². The van der Waals surface area contributed by atoms with Crippen molar-refractivity contribution in [1.29, 1.82) is 0 Å². The molecular weight excluding hydrogens is 232 g/mol. The highest BCUT2D eigenvalue weighted by Gasteiger charge is 2.24. The molecule has 1 aliphatic rings. The summed E-state index contributed by atoms with van der Waals surface area (Å²) in [6, 6.07) is -0.00394. The molecule has 1 aromatic rings. The fourth-order valence-electron chi connectivity index (χ4n) is 2.40. The van der Waals surface area contributed by atoms with E-state index in [0.29, 0.717) is 13.0 Å². The smallest absolute Gasteiger partial charge is 0.224 e. The van der Waals surface area contributed by atoms with E-state index in [1.807, 2.05) is 4.90 Å². The number of carbonyl (C=O) groups is 1. The lowest BCUT2D eigenvalue weighted by atomic mass is 10.1. The van der Waals surface area contributed by atoms with E-state index in [1.165, 1.54) is 6.33 Å². The van der Waals surface area contributed by atoms with Gasteiger partial charge < -0.3 is 10.0 Å². The van der Waals surface area contributed by atoms with Crippen molar-refractivity contribution in [3.63, 3.8) is 0 Å². The topological polar surface area (TPSA) is 71.2 Å². The number of carbonyl (C=O) groups excluding carboxylic acids is 1. The molecule has 0 bridgehead atoms. The van der Waals surface area contributed by atoms with E-state index in [2.05, 4.69) is 10.1 Å². The molecule has 6 heteroatoms. The molecule has 2 rings (SSSR count). The third kappa shape index (κ3) is 3.29. The number of aliphatic hydroxyl groups excluding tert-OH is 1. The first-order chi connectivity index (χ1) is 8.81. The molecule has 18 heavy (non-hydrogen) atoms. The molecule has 1 atom stereocenters. The van der Waals surface area contributed by atoms with Gasteiger partial charge in [-0.15, -0.1) is 0 Å². The first-order valence-corrected chi connectivity index (χ1v) is 6.54. The highest BCUT2D eigenvalue weighted by atomic mass is 16.3. The molecule has 1 aliphatic heterocycles. The Morgan fingerprint density at radius 3 is 3.00 bits per heavy atom. The number of rotatable bonds is 4. The summed E-state index contributed by atoms with van der Waals surface area (Å²) in [6.45, 7) is 1.38. The van der Waals surface area contributed by atoms with Crippen LogP contribution in [0.15, 0.2) is 12.7 Å². The summed E-state index contributed by atoms with van der Waals surface area (Å²) in [5, 5.41) is 13.3. The van der Waals surface area contributed by atoms with Gasteiger partial charge in [0.15, 0.2) is 0 Å². The molecule has 1 fully saturated rings. The van der Waals surface area contributed by atoms with Crippen LogP contribution in [0, 0.1) is 0 Å². The molecule has 1 amide bonds. The maximum Gasteiger partial charge on any atom is 0.224 e. The van der Waals surface area contributed by atoms with Crippen LogP contribution in [0.2, 0.25) is 0 Å². The van der Waals surface area contributed by atoms with Crippen molar-refractivity contribution in [3.8, 4) is 0 Å². The Balaban J connectivity index is 1.89. The molecule has 1 aromatic heterocycles. The normalized spacial score (nSPS) is 20.7. The number of nitrogens with zero attached hydrogens (tertiary/aromatic N) is 4. The predicted octanol–water partition coefficient (Wildman–Crippen LogP) is 0.432. The number of likely N-dealkylation sites (tertiary alicyclic amines) is 1. The zero-order chi connectivity index (χ0) is 12.8. The lowest BCUT2D eigenvalue weighted by Gasteiger charge is -2.28. The van der Waals surface area contributed by atoms with Crippen molar-refractivity contribution >= 4 is 5.91 Å². The molecular formula is C12H20N4O2. The zero-order valence-corrected chi connectivity index (χ0v) is 10.5. The van der Waals surface area contributed by atoms with E-state index < -0.39 is 0 Å². The molecule has 1 N–H and O–H groups in total. The third-order valence-corrected chi connectivity index (χ3v) is 3.43. The monoisotopic (exact) mass is 252 g/mol. The Morgan fingerprint density at radius 2 is 2.28 bits per heavy atom. The summed E-state index contributed by atoms with van der Waals surface area (Å²) in [4.78, 5) is 17.9. The second kappa shape index (κ2) is 6.49. The summed E-state index contributed by atoms with van der Waals surface area (Å²) in [6.07, 6.45) is 7.67. The van der Waals surface area contributed by atoms with Crippen LogP contribution in [-0.4, -0.2) is 49.9 Å². The van der Waals surface area contributed by atoms with Crippen LogP contribution in [0.4, 0.5) is 0 Å². The van der Waals surface area contributed by atoms with E-state index in [-0.39, 0.29) is 18.6 Å². The van der Waals surface area contributed by atoms with Gasteiger partial charge in [0.25, 0.3) is 0 Å². The Bertz CT molecular complexity index is 366. The first kappa shape index (κ1) is 13.0. The average Bonchev–Trinajstić information content (AvgIpc) is 2.79. The average molecular weight is 252 g/mol. The summed E-state index contributed by atoms with van der Waals surface area (Å²) >= 11 is 0. The lowest BCUT2D eigenvalue weighted by molar-refractivity contribution is -0.134. The number of aromatic nitrogens is 3. The highest BCUT2D eigenvalue weighted by Crippen LogP contribution is 2.17. The van der Waals surface area contributed by atoms with Crippen LogP contribution in [0.25, 0.3) is 0 Å². The van der Waals surface area contributed by atoms with Gasteiger partial charge in [-0.1, -0.05) is 12.8 Å². The maximum absolute atomic E-state index is 12.2. The Kier molecular flexibility index (Phi) is 4.69. The minimum atomic E-state index is -0.00394. The van der Waals surface area contributed by atoms with Crippen molar-refractivity contribution in [3.05, 3.63) is 12.7 Å². The van der Waals surface area contributed by atoms with Gasteiger partial charge in [-0.05, 0) is 12.8 Å². The highest BCUT2D eigenvalue weighted by molar-refractivity contribution is 5.76. The minimum absolute atomic E-state index is 0.00394. The quantitative estimate of drug-likeness (QED) is 0.843.